The van der Waals surface area contributed by atoms with E-state index in [0.717, 1.165) is 31.6 Å². The van der Waals surface area contributed by atoms with Crippen LogP contribution in [0.1, 0.15) is 110 Å². The molecule has 0 unspecified atom stereocenters. The van der Waals surface area contributed by atoms with Gasteiger partial charge in [-0.25, -0.2) is 0 Å². The van der Waals surface area contributed by atoms with Gasteiger partial charge in [0.25, 0.3) is 0 Å². The summed E-state index contributed by atoms with van der Waals surface area (Å²) in [6, 6.07) is 0. The molecule has 0 aromatic carbocycles. The van der Waals surface area contributed by atoms with E-state index in [1.165, 1.54) is 64.2 Å². The van der Waals surface area contributed by atoms with Gasteiger partial charge in [0.1, 0.15) is 0 Å². The minimum absolute atomic E-state index is 0.280. The van der Waals surface area contributed by atoms with Gasteiger partial charge in [-0.05, 0) is 44.4 Å². The van der Waals surface area contributed by atoms with Crippen LogP contribution in [0.5, 0.6) is 0 Å². The van der Waals surface area contributed by atoms with Gasteiger partial charge < -0.3 is 5.11 Å². The molecule has 0 aliphatic rings. The number of carbonyl (C=O) groups is 1. The third-order valence-electron chi connectivity index (χ3n) is 4.50. The fraction of sp³-hybridized carbons (Fsp3) is 0.783. The molecule has 0 bridgehead atoms. The molecule has 146 valence electrons. The Bertz CT molecular complexity index is 342. The van der Waals surface area contributed by atoms with Crippen molar-refractivity contribution in [2.45, 2.75) is 110 Å². The number of carboxylic acid groups (broad SMARTS) is 1. The summed E-state index contributed by atoms with van der Waals surface area (Å²) in [5, 5.41) is 8.53. The second kappa shape index (κ2) is 19.3. The van der Waals surface area contributed by atoms with Gasteiger partial charge in [-0.3, -0.25) is 4.79 Å². The van der Waals surface area contributed by atoms with Gasteiger partial charge in [0.15, 0.2) is 0 Å². The summed E-state index contributed by atoms with van der Waals surface area (Å²) in [5.74, 6) is 0.172. The minimum atomic E-state index is -0.696. The van der Waals surface area contributed by atoms with Crippen molar-refractivity contribution in [3.8, 4) is 0 Å². The van der Waals surface area contributed by atoms with E-state index in [0.29, 0.717) is 0 Å². The number of aliphatic carboxylic acids is 1. The molecule has 0 rings (SSSR count). The Morgan fingerprint density at radius 3 is 1.64 bits per heavy atom. The molecule has 2 heteroatoms. The van der Waals surface area contributed by atoms with Crippen LogP contribution in [0, 0.1) is 5.92 Å². The van der Waals surface area contributed by atoms with E-state index < -0.39 is 5.97 Å². The second-order valence-corrected chi connectivity index (χ2v) is 7.61. The number of rotatable bonds is 18. The SMILES string of the molecule is CC(C)CCCCCCCCCC/C=C/CC/C=C/CCCC(=O)O. The first-order chi connectivity index (χ1) is 12.1. The minimum Gasteiger partial charge on any atom is -0.481 e. The molecule has 0 fully saturated rings. The lowest BCUT2D eigenvalue weighted by Crippen LogP contribution is -1.92. The summed E-state index contributed by atoms with van der Waals surface area (Å²) >= 11 is 0. The first-order valence-corrected chi connectivity index (χ1v) is 10.6. The van der Waals surface area contributed by atoms with Crippen LogP contribution in [0.4, 0.5) is 0 Å². The quantitative estimate of drug-likeness (QED) is 0.203. The summed E-state index contributed by atoms with van der Waals surface area (Å²) in [6.07, 6.45) is 26.8. The molecular formula is C23H42O2. The highest BCUT2D eigenvalue weighted by Gasteiger charge is 1.95. The second-order valence-electron chi connectivity index (χ2n) is 7.61. The lowest BCUT2D eigenvalue weighted by Gasteiger charge is -2.04. The fourth-order valence-electron chi connectivity index (χ4n) is 2.91. The normalized spacial score (nSPS) is 12.0. The summed E-state index contributed by atoms with van der Waals surface area (Å²) in [7, 11) is 0. The topological polar surface area (TPSA) is 37.3 Å². The summed E-state index contributed by atoms with van der Waals surface area (Å²) in [6.45, 7) is 4.63. The Labute approximate surface area is 156 Å². The van der Waals surface area contributed by atoms with E-state index >= 15 is 0 Å². The maximum Gasteiger partial charge on any atom is 0.303 e. The van der Waals surface area contributed by atoms with Crippen molar-refractivity contribution in [1.29, 1.82) is 0 Å². The molecule has 25 heavy (non-hydrogen) atoms. The highest BCUT2D eigenvalue weighted by molar-refractivity contribution is 5.66. The Hall–Kier alpha value is -1.05. The van der Waals surface area contributed by atoms with Crippen LogP contribution in [0.2, 0.25) is 0 Å². The molecular weight excluding hydrogens is 308 g/mol. The molecule has 2 nitrogen and oxygen atoms in total. The summed E-state index contributed by atoms with van der Waals surface area (Å²) in [5.41, 5.74) is 0. The van der Waals surface area contributed by atoms with Gasteiger partial charge >= 0.3 is 5.97 Å². The number of hydrogen-bond acceptors (Lipinski definition) is 1. The predicted molar refractivity (Wildman–Crippen MR) is 110 cm³/mol. The van der Waals surface area contributed by atoms with Crippen LogP contribution in [-0.2, 0) is 4.79 Å². The lowest BCUT2D eigenvalue weighted by molar-refractivity contribution is -0.137. The van der Waals surface area contributed by atoms with Gasteiger partial charge in [0.05, 0.1) is 0 Å². The third kappa shape index (κ3) is 22.9. The molecule has 0 aliphatic carbocycles. The van der Waals surface area contributed by atoms with Crippen LogP contribution in [0.3, 0.4) is 0 Å². The van der Waals surface area contributed by atoms with Crippen LogP contribution < -0.4 is 0 Å². The molecule has 0 saturated heterocycles. The molecule has 0 aromatic rings. The maximum absolute atomic E-state index is 10.4. The van der Waals surface area contributed by atoms with E-state index in [2.05, 4.69) is 38.2 Å². The van der Waals surface area contributed by atoms with Crippen molar-refractivity contribution in [3.05, 3.63) is 24.3 Å². The van der Waals surface area contributed by atoms with Crippen LogP contribution >= 0.6 is 0 Å². The Morgan fingerprint density at radius 1 is 0.680 bits per heavy atom. The zero-order chi connectivity index (χ0) is 18.6. The van der Waals surface area contributed by atoms with Gasteiger partial charge in [-0.15, -0.1) is 0 Å². The average Bonchev–Trinajstić information content (AvgIpc) is 2.56. The molecule has 0 aliphatic heterocycles. The van der Waals surface area contributed by atoms with E-state index in [1.807, 2.05) is 0 Å². The van der Waals surface area contributed by atoms with Crippen molar-refractivity contribution < 1.29 is 9.90 Å². The number of hydrogen-bond donors (Lipinski definition) is 1. The molecule has 0 aromatic heterocycles. The van der Waals surface area contributed by atoms with Crippen LogP contribution in [-0.4, -0.2) is 11.1 Å². The maximum atomic E-state index is 10.4. The highest BCUT2D eigenvalue weighted by Crippen LogP contribution is 2.13. The third-order valence-corrected chi connectivity index (χ3v) is 4.50. The standard InChI is InChI=1S/C23H42O2/c1-22(2)20-18-16-14-12-10-8-6-4-3-5-7-9-11-13-15-17-19-21-23(24)25/h5,7,13,15,22H,3-4,6,8-12,14,16-21H2,1-2H3,(H,24,25)/b7-5+,15-13+. The van der Waals surface area contributed by atoms with Gasteiger partial charge in [-0.1, -0.05) is 89.5 Å². The number of unbranched alkanes of at least 4 members (excludes halogenated alkanes) is 10. The van der Waals surface area contributed by atoms with Crippen LogP contribution in [0.25, 0.3) is 0 Å². The summed E-state index contributed by atoms with van der Waals surface area (Å²) in [4.78, 5) is 10.4. The molecule has 0 heterocycles. The van der Waals surface area contributed by atoms with Crippen molar-refractivity contribution in [2.24, 2.45) is 5.92 Å². The van der Waals surface area contributed by atoms with Crippen molar-refractivity contribution in [3.63, 3.8) is 0 Å². The zero-order valence-electron chi connectivity index (χ0n) is 16.8. The zero-order valence-corrected chi connectivity index (χ0v) is 16.8. The van der Waals surface area contributed by atoms with Gasteiger partial charge in [-0.2, -0.15) is 0 Å². The Kier molecular flexibility index (Phi) is 18.5. The van der Waals surface area contributed by atoms with E-state index in [-0.39, 0.29) is 6.42 Å². The van der Waals surface area contributed by atoms with Gasteiger partial charge in [0, 0.05) is 6.42 Å². The molecule has 0 saturated carbocycles. The predicted octanol–water partition coefficient (Wildman–Crippen LogP) is 7.69. The number of allylic oxidation sites excluding steroid dienone is 4. The molecule has 0 spiro atoms. The van der Waals surface area contributed by atoms with E-state index in [4.69, 9.17) is 5.11 Å². The van der Waals surface area contributed by atoms with Crippen molar-refractivity contribution in [2.75, 3.05) is 0 Å². The monoisotopic (exact) mass is 350 g/mol. The molecule has 0 amide bonds. The largest absolute Gasteiger partial charge is 0.481 e. The first-order valence-electron chi connectivity index (χ1n) is 10.6. The van der Waals surface area contributed by atoms with Crippen LogP contribution in [0.15, 0.2) is 24.3 Å². The summed E-state index contributed by atoms with van der Waals surface area (Å²) < 4.78 is 0. The first kappa shape index (κ1) is 23.9. The number of carboxylic acids is 1. The molecule has 0 atom stereocenters. The van der Waals surface area contributed by atoms with Crippen molar-refractivity contribution in [1.82, 2.24) is 0 Å². The smallest absolute Gasteiger partial charge is 0.303 e. The average molecular weight is 351 g/mol. The van der Waals surface area contributed by atoms with Gasteiger partial charge in [0.2, 0.25) is 0 Å². The van der Waals surface area contributed by atoms with Crippen molar-refractivity contribution >= 4 is 5.97 Å². The lowest BCUT2D eigenvalue weighted by atomic mass is 10.0. The highest BCUT2D eigenvalue weighted by atomic mass is 16.4. The Balaban J connectivity index is 3.18. The van der Waals surface area contributed by atoms with E-state index in [9.17, 15) is 4.79 Å². The van der Waals surface area contributed by atoms with E-state index in [1.54, 1.807) is 0 Å². The Morgan fingerprint density at radius 2 is 1.12 bits per heavy atom. The molecule has 1 N–H and O–H groups in total. The fourth-order valence-corrected chi connectivity index (χ4v) is 2.91. The molecule has 0 radical (unpaired) electrons.